The van der Waals surface area contributed by atoms with Gasteiger partial charge in [0.2, 0.25) is 0 Å². The van der Waals surface area contributed by atoms with Gasteiger partial charge in [0.15, 0.2) is 11.6 Å². The molecule has 4 fully saturated rings. The Balaban J connectivity index is 0.000000147. The molecule has 46 heavy (non-hydrogen) atoms. The average molecular weight is 623 g/mol. The number of ether oxygens (including phenoxy) is 4. The molecule has 0 radical (unpaired) electrons. The molecule has 4 aromatic carbocycles. The van der Waals surface area contributed by atoms with Gasteiger partial charge in [-0.2, -0.15) is 0 Å². The zero-order valence-electron chi connectivity index (χ0n) is 28.1. The van der Waals surface area contributed by atoms with E-state index < -0.39 is 0 Å². The molecule has 2 saturated carbocycles. The first-order valence-electron chi connectivity index (χ1n) is 17.2. The van der Waals surface area contributed by atoms with Gasteiger partial charge in [0, 0.05) is 36.8 Å². The van der Waals surface area contributed by atoms with E-state index in [1.165, 1.54) is 32.7 Å². The summed E-state index contributed by atoms with van der Waals surface area (Å²) < 4.78 is 23.7. The molecule has 244 valence electrons. The van der Waals surface area contributed by atoms with Crippen LogP contribution in [0.25, 0.3) is 21.5 Å². The van der Waals surface area contributed by atoms with E-state index >= 15 is 0 Å². The molecule has 0 N–H and O–H groups in total. The second-order valence-corrected chi connectivity index (χ2v) is 14.2. The fraction of sp³-hybridized carbons (Fsp3) is 0.500. The van der Waals surface area contributed by atoms with E-state index in [-0.39, 0.29) is 22.7 Å². The summed E-state index contributed by atoms with van der Waals surface area (Å²) in [5.74, 6) is -0.618. The molecule has 4 aliphatic rings. The summed E-state index contributed by atoms with van der Waals surface area (Å²) in [5, 5.41) is 5.25. The third-order valence-electron chi connectivity index (χ3n) is 11.6. The zero-order chi connectivity index (χ0) is 31.8. The highest BCUT2D eigenvalue weighted by molar-refractivity contribution is 5.84. The molecular formula is C40H50N2O4. The predicted molar refractivity (Wildman–Crippen MR) is 185 cm³/mol. The van der Waals surface area contributed by atoms with Crippen LogP contribution in [0.3, 0.4) is 0 Å². The lowest BCUT2D eigenvalue weighted by Gasteiger charge is -2.48. The molecule has 0 amide bonds. The van der Waals surface area contributed by atoms with E-state index in [1.807, 2.05) is 0 Å². The first kappa shape index (κ1) is 31.7. The Kier molecular flexibility index (Phi) is 8.73. The number of hydrogen-bond acceptors (Lipinski definition) is 6. The van der Waals surface area contributed by atoms with E-state index in [2.05, 4.69) is 123 Å². The third-order valence-corrected chi connectivity index (χ3v) is 11.6. The SMILES string of the molecule is CN(C)C1(c2ccc3ccccc3c2)CCC2(CC1)OCCO2.CN(C)C1(c2ccc3ccccc3c2)CCC2(CC1)OCCO2. The van der Waals surface area contributed by atoms with Crippen LogP contribution in [0.15, 0.2) is 84.9 Å². The normalized spacial score (nSPS) is 25.0. The van der Waals surface area contributed by atoms with Gasteiger partial charge in [0.1, 0.15) is 0 Å². The highest BCUT2D eigenvalue weighted by Crippen LogP contribution is 2.49. The molecule has 2 heterocycles. The van der Waals surface area contributed by atoms with E-state index in [0.29, 0.717) is 0 Å². The molecule has 0 unspecified atom stereocenters. The first-order valence-corrected chi connectivity index (χ1v) is 17.2. The van der Waals surface area contributed by atoms with Crippen LogP contribution < -0.4 is 0 Å². The van der Waals surface area contributed by atoms with Crippen molar-refractivity contribution in [3.8, 4) is 0 Å². The molecule has 2 saturated heterocycles. The molecule has 0 atom stereocenters. The van der Waals surface area contributed by atoms with Gasteiger partial charge in [-0.25, -0.2) is 0 Å². The van der Waals surface area contributed by atoms with E-state index in [9.17, 15) is 0 Å². The van der Waals surface area contributed by atoms with Crippen LogP contribution in [0, 0.1) is 0 Å². The van der Waals surface area contributed by atoms with Crippen molar-refractivity contribution in [2.45, 2.75) is 74.0 Å². The summed E-state index contributed by atoms with van der Waals surface area (Å²) in [6.07, 6.45) is 8.15. The first-order chi connectivity index (χ1) is 22.3. The van der Waals surface area contributed by atoms with Crippen molar-refractivity contribution < 1.29 is 18.9 Å². The molecule has 4 aromatic rings. The Morgan fingerprint density at radius 2 is 0.739 bits per heavy atom. The zero-order valence-corrected chi connectivity index (χ0v) is 28.1. The number of fused-ring (bicyclic) bond motifs is 2. The van der Waals surface area contributed by atoms with Crippen molar-refractivity contribution in [2.24, 2.45) is 0 Å². The van der Waals surface area contributed by atoms with Crippen LogP contribution in [0.2, 0.25) is 0 Å². The summed E-state index contributed by atoms with van der Waals surface area (Å²) in [6.45, 7) is 2.96. The van der Waals surface area contributed by atoms with Gasteiger partial charge in [-0.1, -0.05) is 72.8 Å². The monoisotopic (exact) mass is 622 g/mol. The van der Waals surface area contributed by atoms with E-state index in [1.54, 1.807) is 0 Å². The number of nitrogens with zero attached hydrogens (tertiary/aromatic N) is 2. The van der Waals surface area contributed by atoms with Crippen molar-refractivity contribution in [3.63, 3.8) is 0 Å². The van der Waals surface area contributed by atoms with Gasteiger partial charge in [-0.3, -0.25) is 9.80 Å². The minimum atomic E-state index is -0.309. The van der Waals surface area contributed by atoms with Gasteiger partial charge >= 0.3 is 0 Å². The van der Waals surface area contributed by atoms with Crippen molar-refractivity contribution in [1.29, 1.82) is 0 Å². The Hall–Kier alpha value is -2.84. The van der Waals surface area contributed by atoms with Crippen molar-refractivity contribution in [1.82, 2.24) is 9.80 Å². The largest absolute Gasteiger partial charge is 0.348 e. The lowest BCUT2D eigenvalue weighted by Crippen LogP contribution is -2.49. The lowest BCUT2D eigenvalue weighted by atomic mass is 9.73. The van der Waals surface area contributed by atoms with Gasteiger partial charge in [-0.15, -0.1) is 0 Å². The lowest BCUT2D eigenvalue weighted by molar-refractivity contribution is -0.193. The standard InChI is InChI=1S/2C20H25NO2/c2*1-21(2)19(9-11-20(12-10-19)22-13-14-23-20)18-8-7-16-5-3-4-6-17(16)15-18/h2*3-8,15H,9-14H2,1-2H3. The molecule has 0 bridgehead atoms. The molecule has 8 rings (SSSR count). The van der Waals surface area contributed by atoms with Crippen LogP contribution in [-0.4, -0.2) is 76.0 Å². The highest BCUT2D eigenvalue weighted by atomic mass is 16.7. The predicted octanol–water partition coefficient (Wildman–Crippen LogP) is 7.83. The molecule has 2 aliphatic carbocycles. The Morgan fingerprint density at radius 3 is 1.07 bits per heavy atom. The highest BCUT2D eigenvalue weighted by Gasteiger charge is 2.49. The minimum Gasteiger partial charge on any atom is -0.348 e. The smallest absolute Gasteiger partial charge is 0.168 e. The Labute approximate surface area is 274 Å². The summed E-state index contributed by atoms with van der Waals surface area (Å²) in [4.78, 5) is 4.78. The van der Waals surface area contributed by atoms with Gasteiger partial charge in [0.05, 0.1) is 26.4 Å². The van der Waals surface area contributed by atoms with E-state index in [0.717, 1.165) is 77.8 Å². The van der Waals surface area contributed by atoms with Gasteiger partial charge in [-0.05, 0) is 98.7 Å². The van der Waals surface area contributed by atoms with Crippen LogP contribution >= 0.6 is 0 Å². The fourth-order valence-electron chi connectivity index (χ4n) is 8.61. The molecule has 0 aromatic heterocycles. The number of hydrogen-bond donors (Lipinski definition) is 0. The van der Waals surface area contributed by atoms with Crippen LogP contribution in [0.4, 0.5) is 0 Å². The summed E-state index contributed by atoms with van der Waals surface area (Å²) in [7, 11) is 8.79. The van der Waals surface area contributed by atoms with Crippen molar-refractivity contribution in [2.75, 3.05) is 54.6 Å². The van der Waals surface area contributed by atoms with Crippen LogP contribution in [-0.2, 0) is 30.0 Å². The van der Waals surface area contributed by atoms with E-state index in [4.69, 9.17) is 18.9 Å². The second-order valence-electron chi connectivity index (χ2n) is 14.2. The van der Waals surface area contributed by atoms with Crippen LogP contribution in [0.1, 0.15) is 62.5 Å². The fourth-order valence-corrected chi connectivity index (χ4v) is 8.61. The van der Waals surface area contributed by atoms with Crippen LogP contribution in [0.5, 0.6) is 0 Å². The molecule has 6 nitrogen and oxygen atoms in total. The second kappa shape index (κ2) is 12.6. The van der Waals surface area contributed by atoms with Crippen molar-refractivity contribution >= 4 is 21.5 Å². The number of benzene rings is 4. The maximum atomic E-state index is 5.92. The maximum absolute atomic E-state index is 5.92. The summed E-state index contributed by atoms with van der Waals surface area (Å²) in [5.41, 5.74) is 2.97. The average Bonchev–Trinajstić information content (AvgIpc) is 3.75. The maximum Gasteiger partial charge on any atom is 0.168 e. The van der Waals surface area contributed by atoms with Gasteiger partial charge in [0.25, 0.3) is 0 Å². The van der Waals surface area contributed by atoms with Crippen molar-refractivity contribution in [3.05, 3.63) is 96.1 Å². The molecule has 2 spiro atoms. The topological polar surface area (TPSA) is 43.4 Å². The molecular weight excluding hydrogens is 572 g/mol. The quantitative estimate of drug-likeness (QED) is 0.231. The summed E-state index contributed by atoms with van der Waals surface area (Å²) in [6, 6.07) is 31.0. The molecule has 6 heteroatoms. The minimum absolute atomic E-state index is 0.0740. The summed E-state index contributed by atoms with van der Waals surface area (Å²) >= 11 is 0. The Morgan fingerprint density at radius 1 is 0.413 bits per heavy atom. The Bertz CT molecular complexity index is 1510. The van der Waals surface area contributed by atoms with Gasteiger partial charge < -0.3 is 18.9 Å². The number of rotatable bonds is 4. The third kappa shape index (κ3) is 5.78. The molecule has 2 aliphatic heterocycles.